The number of Topliss-reactive ketones (excluding diaryl/α,β-unsaturated/α-hetero) is 1. The smallest absolute Gasteiger partial charge is 0.247 e. The highest BCUT2D eigenvalue weighted by Crippen LogP contribution is 2.31. The van der Waals surface area contributed by atoms with Crippen molar-refractivity contribution in [2.75, 3.05) is 36.9 Å². The van der Waals surface area contributed by atoms with E-state index < -0.39 is 0 Å². The topological polar surface area (TPSA) is 125 Å². The SMILES string of the molecule is Cc1cnc2ccc(-c3nc(C(=O)CCc4cccc(N5CCOCC5)c4)c(N)nc3-c3ncco3)cn12. The number of fused-ring (bicyclic) bond motifs is 1. The number of nitrogens with two attached hydrogens (primary N) is 1. The first-order valence-electron chi connectivity index (χ1n) is 12.5. The van der Waals surface area contributed by atoms with E-state index in [1.54, 1.807) is 6.20 Å². The van der Waals surface area contributed by atoms with Crippen LogP contribution in [0.15, 0.2) is 65.7 Å². The van der Waals surface area contributed by atoms with E-state index in [0.717, 1.165) is 54.5 Å². The maximum absolute atomic E-state index is 13.4. The van der Waals surface area contributed by atoms with Crippen LogP contribution in [0.1, 0.15) is 28.2 Å². The molecular formula is C28H27N7O3. The number of carbonyl (C=O) groups is 1. The third kappa shape index (κ3) is 4.61. The molecule has 1 aliphatic heterocycles. The van der Waals surface area contributed by atoms with Crippen LogP contribution in [0, 0.1) is 6.92 Å². The number of benzene rings is 1. The van der Waals surface area contributed by atoms with Gasteiger partial charge in [-0.15, -0.1) is 0 Å². The number of hydrogen-bond donors (Lipinski definition) is 1. The Morgan fingerprint density at radius 1 is 1.08 bits per heavy atom. The van der Waals surface area contributed by atoms with Gasteiger partial charge in [0.1, 0.15) is 23.3 Å². The van der Waals surface area contributed by atoms with E-state index in [-0.39, 0.29) is 29.6 Å². The van der Waals surface area contributed by atoms with Crippen molar-refractivity contribution in [1.82, 2.24) is 24.3 Å². The van der Waals surface area contributed by atoms with Crippen LogP contribution in [0.3, 0.4) is 0 Å². The number of morpholine rings is 1. The molecule has 6 rings (SSSR count). The van der Waals surface area contributed by atoms with E-state index >= 15 is 0 Å². The van der Waals surface area contributed by atoms with Gasteiger partial charge in [-0.3, -0.25) is 4.79 Å². The molecule has 0 saturated carbocycles. The largest absolute Gasteiger partial charge is 0.443 e. The van der Waals surface area contributed by atoms with E-state index in [0.29, 0.717) is 17.8 Å². The number of anilines is 2. The molecule has 0 atom stereocenters. The highest BCUT2D eigenvalue weighted by atomic mass is 16.5. The first-order valence-corrected chi connectivity index (χ1v) is 12.5. The molecule has 0 amide bonds. The van der Waals surface area contributed by atoms with Crippen molar-refractivity contribution in [2.45, 2.75) is 19.8 Å². The van der Waals surface area contributed by atoms with Crippen LogP contribution in [0.2, 0.25) is 0 Å². The van der Waals surface area contributed by atoms with Gasteiger partial charge < -0.3 is 24.2 Å². The second-order valence-corrected chi connectivity index (χ2v) is 9.23. The monoisotopic (exact) mass is 509 g/mol. The summed E-state index contributed by atoms with van der Waals surface area (Å²) in [6.45, 7) is 5.13. The molecule has 4 aromatic heterocycles. The molecule has 1 saturated heterocycles. The van der Waals surface area contributed by atoms with Gasteiger partial charge in [0.05, 0.1) is 19.4 Å². The minimum Gasteiger partial charge on any atom is -0.443 e. The van der Waals surface area contributed by atoms with Crippen molar-refractivity contribution < 1.29 is 13.9 Å². The number of hydrogen-bond acceptors (Lipinski definition) is 9. The van der Waals surface area contributed by atoms with Crippen molar-refractivity contribution in [3.63, 3.8) is 0 Å². The Labute approximate surface area is 219 Å². The Morgan fingerprint density at radius 3 is 2.76 bits per heavy atom. The van der Waals surface area contributed by atoms with Gasteiger partial charge in [0, 0.05) is 48.8 Å². The lowest BCUT2D eigenvalue weighted by Crippen LogP contribution is -2.36. The fourth-order valence-corrected chi connectivity index (χ4v) is 4.69. The molecule has 1 aromatic carbocycles. The summed E-state index contributed by atoms with van der Waals surface area (Å²) in [6, 6.07) is 12.1. The van der Waals surface area contributed by atoms with Crippen LogP contribution in [0.4, 0.5) is 11.5 Å². The number of imidazole rings is 1. The molecule has 5 aromatic rings. The number of nitrogen functional groups attached to an aromatic ring is 1. The molecule has 0 bridgehead atoms. The summed E-state index contributed by atoms with van der Waals surface area (Å²) in [5.41, 5.74) is 12.0. The number of carbonyl (C=O) groups excluding carboxylic acids is 1. The van der Waals surface area contributed by atoms with Crippen LogP contribution in [0.5, 0.6) is 0 Å². The van der Waals surface area contributed by atoms with Crippen molar-refractivity contribution in [3.05, 3.63) is 78.2 Å². The minimum absolute atomic E-state index is 0.0499. The fraction of sp³-hybridized carbons (Fsp3) is 0.250. The van der Waals surface area contributed by atoms with E-state index in [1.165, 1.54) is 12.5 Å². The number of ketones is 1. The first-order chi connectivity index (χ1) is 18.6. The lowest BCUT2D eigenvalue weighted by atomic mass is 10.0. The minimum atomic E-state index is -0.174. The Hall–Kier alpha value is -4.57. The van der Waals surface area contributed by atoms with Crippen molar-refractivity contribution in [3.8, 4) is 22.8 Å². The average Bonchev–Trinajstić information content (AvgIpc) is 3.62. The summed E-state index contributed by atoms with van der Waals surface area (Å²) in [6.07, 6.45) is 7.52. The van der Waals surface area contributed by atoms with E-state index in [9.17, 15) is 4.79 Å². The van der Waals surface area contributed by atoms with Gasteiger partial charge in [-0.25, -0.2) is 19.9 Å². The van der Waals surface area contributed by atoms with Crippen LogP contribution in [-0.2, 0) is 11.2 Å². The van der Waals surface area contributed by atoms with Crippen molar-refractivity contribution in [2.24, 2.45) is 0 Å². The number of pyridine rings is 1. The molecular weight excluding hydrogens is 482 g/mol. The Kier molecular flexibility index (Phi) is 6.30. The zero-order chi connectivity index (χ0) is 26.1. The fourth-order valence-electron chi connectivity index (χ4n) is 4.69. The van der Waals surface area contributed by atoms with Gasteiger partial charge >= 0.3 is 0 Å². The maximum Gasteiger partial charge on any atom is 0.247 e. The molecule has 1 fully saturated rings. The number of nitrogens with zero attached hydrogens (tertiary/aromatic N) is 6. The van der Waals surface area contributed by atoms with E-state index in [1.807, 2.05) is 41.8 Å². The molecule has 10 nitrogen and oxygen atoms in total. The van der Waals surface area contributed by atoms with Gasteiger partial charge in [-0.1, -0.05) is 12.1 Å². The zero-order valence-electron chi connectivity index (χ0n) is 21.0. The van der Waals surface area contributed by atoms with Gasteiger partial charge in [0.15, 0.2) is 17.3 Å². The quantitative estimate of drug-likeness (QED) is 0.324. The molecule has 192 valence electrons. The van der Waals surface area contributed by atoms with Crippen molar-refractivity contribution in [1.29, 1.82) is 0 Å². The predicted octanol–water partition coefficient (Wildman–Crippen LogP) is 3.99. The summed E-state index contributed by atoms with van der Waals surface area (Å²) < 4.78 is 12.9. The second kappa shape index (κ2) is 10.1. The summed E-state index contributed by atoms with van der Waals surface area (Å²) >= 11 is 0. The Bertz CT molecular complexity index is 1600. The zero-order valence-corrected chi connectivity index (χ0v) is 21.0. The van der Waals surface area contributed by atoms with E-state index in [4.69, 9.17) is 19.9 Å². The van der Waals surface area contributed by atoms with Gasteiger partial charge in [-0.05, 0) is 43.2 Å². The molecule has 0 radical (unpaired) electrons. The van der Waals surface area contributed by atoms with E-state index in [2.05, 4.69) is 32.0 Å². The first kappa shape index (κ1) is 23.8. The number of oxazole rings is 1. The highest BCUT2D eigenvalue weighted by Gasteiger charge is 2.22. The highest BCUT2D eigenvalue weighted by molar-refractivity contribution is 5.99. The number of rotatable bonds is 7. The second-order valence-electron chi connectivity index (χ2n) is 9.23. The van der Waals surface area contributed by atoms with Gasteiger partial charge in [0.2, 0.25) is 5.89 Å². The number of ether oxygens (including phenoxy) is 1. The molecule has 2 N–H and O–H groups in total. The maximum atomic E-state index is 13.4. The van der Waals surface area contributed by atoms with Crippen LogP contribution < -0.4 is 10.6 Å². The molecule has 38 heavy (non-hydrogen) atoms. The number of aryl methyl sites for hydroxylation is 2. The molecule has 10 heteroatoms. The van der Waals surface area contributed by atoms with Gasteiger partial charge in [-0.2, -0.15) is 0 Å². The standard InChI is InChI=1S/C28H27N7O3/c1-18-16-31-23-8-6-20(17-35(18)23)24-26(28-30-9-12-38-28)33-27(29)25(32-24)22(36)7-5-19-3-2-4-21(15-19)34-10-13-37-14-11-34/h2-4,6,8-9,12,15-17H,5,7,10-11,13-14H2,1H3,(H2,29,33). The predicted molar refractivity (Wildman–Crippen MR) is 143 cm³/mol. The average molecular weight is 510 g/mol. The van der Waals surface area contributed by atoms with Crippen LogP contribution in [-0.4, -0.2) is 56.4 Å². The van der Waals surface area contributed by atoms with Crippen LogP contribution in [0.25, 0.3) is 28.5 Å². The summed E-state index contributed by atoms with van der Waals surface area (Å²) in [4.78, 5) is 33.5. The van der Waals surface area contributed by atoms with Crippen molar-refractivity contribution >= 4 is 22.9 Å². The Morgan fingerprint density at radius 2 is 1.95 bits per heavy atom. The van der Waals surface area contributed by atoms with Gasteiger partial charge in [0.25, 0.3) is 0 Å². The third-order valence-corrected chi connectivity index (χ3v) is 6.71. The normalized spacial score (nSPS) is 13.8. The lowest BCUT2D eigenvalue weighted by molar-refractivity contribution is 0.0978. The molecule has 5 heterocycles. The van der Waals surface area contributed by atoms with Crippen LogP contribution >= 0.6 is 0 Å². The summed E-state index contributed by atoms with van der Waals surface area (Å²) in [7, 11) is 0. The third-order valence-electron chi connectivity index (χ3n) is 6.71. The molecule has 0 unspecified atom stereocenters. The molecule has 0 aliphatic carbocycles. The Balaban J connectivity index is 1.31. The number of aromatic nitrogens is 5. The lowest BCUT2D eigenvalue weighted by Gasteiger charge is -2.29. The molecule has 1 aliphatic rings. The summed E-state index contributed by atoms with van der Waals surface area (Å²) in [5, 5.41) is 0. The summed E-state index contributed by atoms with van der Waals surface area (Å²) in [5.74, 6) is 0.154. The molecule has 0 spiro atoms.